The van der Waals surface area contributed by atoms with Gasteiger partial charge >= 0.3 is 0 Å². The normalized spacial score (nSPS) is 10.9. The van der Waals surface area contributed by atoms with Gasteiger partial charge in [-0.25, -0.2) is 4.39 Å². The first-order valence-electron chi connectivity index (χ1n) is 5.83. The Morgan fingerprint density at radius 3 is 2.89 bits per heavy atom. The Kier molecular flexibility index (Phi) is 6.33. The molecule has 6 heteroatoms. The SMILES string of the molecule is CN=C(NCCOC)NCc1cc(C#N)ccc1F. The molecule has 1 aromatic carbocycles. The number of nitriles is 1. The van der Waals surface area contributed by atoms with Crippen molar-refractivity contribution in [1.82, 2.24) is 10.6 Å². The van der Waals surface area contributed by atoms with Crippen molar-refractivity contribution >= 4 is 5.96 Å². The van der Waals surface area contributed by atoms with Crippen LogP contribution in [-0.2, 0) is 11.3 Å². The first kappa shape index (κ1) is 14.9. The highest BCUT2D eigenvalue weighted by atomic mass is 19.1. The van der Waals surface area contributed by atoms with Crippen molar-refractivity contribution in [3.8, 4) is 6.07 Å². The van der Waals surface area contributed by atoms with Crippen molar-refractivity contribution in [1.29, 1.82) is 5.26 Å². The lowest BCUT2D eigenvalue weighted by Crippen LogP contribution is -2.38. The largest absolute Gasteiger partial charge is 0.383 e. The number of hydrogen-bond acceptors (Lipinski definition) is 3. The van der Waals surface area contributed by atoms with Crippen LogP contribution >= 0.6 is 0 Å². The molecule has 0 spiro atoms. The second-order valence-corrected chi connectivity index (χ2v) is 3.76. The van der Waals surface area contributed by atoms with Gasteiger partial charge in [-0.1, -0.05) is 0 Å². The Hall–Kier alpha value is -2.13. The number of rotatable bonds is 5. The maximum absolute atomic E-state index is 13.5. The summed E-state index contributed by atoms with van der Waals surface area (Å²) in [5.41, 5.74) is 0.856. The number of methoxy groups -OCH3 is 1. The molecule has 0 amide bonds. The van der Waals surface area contributed by atoms with E-state index in [4.69, 9.17) is 10.00 Å². The van der Waals surface area contributed by atoms with Crippen molar-refractivity contribution < 1.29 is 9.13 Å². The number of halogens is 1. The molecule has 0 saturated carbocycles. The maximum Gasteiger partial charge on any atom is 0.191 e. The van der Waals surface area contributed by atoms with E-state index in [0.29, 0.717) is 30.2 Å². The number of guanidine groups is 1. The van der Waals surface area contributed by atoms with Crippen molar-refractivity contribution in [2.45, 2.75) is 6.54 Å². The van der Waals surface area contributed by atoms with Crippen LogP contribution in [-0.4, -0.2) is 33.3 Å². The summed E-state index contributed by atoms with van der Waals surface area (Å²) < 4.78 is 18.4. The van der Waals surface area contributed by atoms with E-state index in [0.717, 1.165) is 0 Å². The molecule has 0 aromatic heterocycles. The average molecular weight is 264 g/mol. The van der Waals surface area contributed by atoms with Gasteiger partial charge in [-0.3, -0.25) is 4.99 Å². The molecule has 0 saturated heterocycles. The molecule has 0 aliphatic rings. The smallest absolute Gasteiger partial charge is 0.191 e. The Morgan fingerprint density at radius 2 is 2.26 bits per heavy atom. The molecule has 19 heavy (non-hydrogen) atoms. The number of aliphatic imine (C=N–C) groups is 1. The minimum absolute atomic E-state index is 0.258. The molecule has 2 N–H and O–H groups in total. The van der Waals surface area contributed by atoms with Crippen LogP contribution in [0, 0.1) is 17.1 Å². The molecule has 1 aromatic rings. The number of benzene rings is 1. The van der Waals surface area contributed by atoms with Crippen LogP contribution in [0.25, 0.3) is 0 Å². The molecule has 5 nitrogen and oxygen atoms in total. The van der Waals surface area contributed by atoms with E-state index in [1.54, 1.807) is 14.2 Å². The lowest BCUT2D eigenvalue weighted by Gasteiger charge is -2.12. The summed E-state index contributed by atoms with van der Waals surface area (Å²) >= 11 is 0. The second kappa shape index (κ2) is 8.06. The van der Waals surface area contributed by atoms with Gasteiger partial charge in [-0.2, -0.15) is 5.26 Å². The zero-order chi connectivity index (χ0) is 14.1. The third-order valence-electron chi connectivity index (χ3n) is 2.44. The van der Waals surface area contributed by atoms with Crippen molar-refractivity contribution in [3.63, 3.8) is 0 Å². The van der Waals surface area contributed by atoms with E-state index in [1.807, 2.05) is 6.07 Å². The Bertz CT molecular complexity index is 482. The zero-order valence-electron chi connectivity index (χ0n) is 11.0. The first-order chi connectivity index (χ1) is 9.21. The van der Waals surface area contributed by atoms with Crippen LogP contribution in [0.1, 0.15) is 11.1 Å². The summed E-state index contributed by atoms with van der Waals surface area (Å²) in [6, 6.07) is 6.24. The average Bonchev–Trinajstić information content (AvgIpc) is 2.44. The fourth-order valence-electron chi connectivity index (χ4n) is 1.45. The molecule has 1 rings (SSSR count). The standard InChI is InChI=1S/C13H17FN4O/c1-16-13(17-5-6-19-2)18-9-11-7-10(8-15)3-4-12(11)14/h3-4,7H,5-6,9H2,1-2H3,(H2,16,17,18). The van der Waals surface area contributed by atoms with E-state index in [9.17, 15) is 4.39 Å². The maximum atomic E-state index is 13.5. The van der Waals surface area contributed by atoms with E-state index >= 15 is 0 Å². The number of nitrogens with one attached hydrogen (secondary N) is 2. The van der Waals surface area contributed by atoms with E-state index in [-0.39, 0.29) is 12.4 Å². The van der Waals surface area contributed by atoms with Gasteiger partial charge in [0.05, 0.1) is 18.2 Å². The number of nitrogens with zero attached hydrogens (tertiary/aromatic N) is 2. The van der Waals surface area contributed by atoms with Crippen LogP contribution in [0.3, 0.4) is 0 Å². The second-order valence-electron chi connectivity index (χ2n) is 3.76. The Labute approximate surface area is 112 Å². The molecule has 0 heterocycles. The van der Waals surface area contributed by atoms with Crippen molar-refractivity contribution in [2.24, 2.45) is 4.99 Å². The van der Waals surface area contributed by atoms with Crippen LogP contribution in [0.4, 0.5) is 4.39 Å². The van der Waals surface area contributed by atoms with E-state index in [2.05, 4.69) is 15.6 Å². The van der Waals surface area contributed by atoms with Crippen LogP contribution in [0.2, 0.25) is 0 Å². The third kappa shape index (κ3) is 4.94. The lowest BCUT2D eigenvalue weighted by molar-refractivity contribution is 0.203. The lowest BCUT2D eigenvalue weighted by atomic mass is 10.1. The van der Waals surface area contributed by atoms with E-state index < -0.39 is 0 Å². The predicted octanol–water partition coefficient (Wildman–Crippen LogP) is 1.01. The number of hydrogen-bond donors (Lipinski definition) is 2. The molecule has 0 unspecified atom stereocenters. The predicted molar refractivity (Wildman–Crippen MR) is 71.2 cm³/mol. The highest BCUT2D eigenvalue weighted by Crippen LogP contribution is 2.09. The van der Waals surface area contributed by atoms with Crippen molar-refractivity contribution in [3.05, 3.63) is 35.1 Å². The topological polar surface area (TPSA) is 69.4 Å². The fraction of sp³-hybridized carbons (Fsp3) is 0.385. The van der Waals surface area contributed by atoms with Crippen molar-refractivity contribution in [2.75, 3.05) is 27.3 Å². The monoisotopic (exact) mass is 264 g/mol. The highest BCUT2D eigenvalue weighted by molar-refractivity contribution is 5.79. The molecule has 0 aliphatic heterocycles. The van der Waals surface area contributed by atoms with E-state index in [1.165, 1.54) is 18.2 Å². The van der Waals surface area contributed by atoms with Gasteiger partial charge in [-0.15, -0.1) is 0 Å². The zero-order valence-corrected chi connectivity index (χ0v) is 11.0. The van der Waals surface area contributed by atoms with Gasteiger partial charge in [-0.05, 0) is 18.2 Å². The molecule has 0 fully saturated rings. The molecular formula is C13H17FN4O. The van der Waals surface area contributed by atoms with Crippen LogP contribution < -0.4 is 10.6 Å². The fourth-order valence-corrected chi connectivity index (χ4v) is 1.45. The molecule has 0 aliphatic carbocycles. The quantitative estimate of drug-likeness (QED) is 0.473. The minimum Gasteiger partial charge on any atom is -0.383 e. The molecule has 0 atom stereocenters. The van der Waals surface area contributed by atoms with Gasteiger partial charge in [0.15, 0.2) is 5.96 Å². The van der Waals surface area contributed by atoms with Gasteiger partial charge in [0.2, 0.25) is 0 Å². The summed E-state index contributed by atoms with van der Waals surface area (Å²) in [5, 5.41) is 14.8. The molecule has 102 valence electrons. The highest BCUT2D eigenvalue weighted by Gasteiger charge is 2.04. The van der Waals surface area contributed by atoms with Crippen LogP contribution in [0.5, 0.6) is 0 Å². The minimum atomic E-state index is -0.348. The summed E-state index contributed by atoms with van der Waals surface area (Å²) in [5.74, 6) is 0.206. The van der Waals surface area contributed by atoms with Gasteiger partial charge in [0, 0.05) is 32.8 Å². The summed E-state index contributed by atoms with van der Waals surface area (Å²) in [4.78, 5) is 4.00. The molecular weight excluding hydrogens is 247 g/mol. The number of ether oxygens (including phenoxy) is 1. The van der Waals surface area contributed by atoms with Gasteiger partial charge in [0.25, 0.3) is 0 Å². The Morgan fingerprint density at radius 1 is 1.47 bits per heavy atom. The molecule has 0 radical (unpaired) electrons. The summed E-state index contributed by atoms with van der Waals surface area (Å²) in [6.07, 6.45) is 0. The van der Waals surface area contributed by atoms with Crippen LogP contribution in [0.15, 0.2) is 23.2 Å². The first-order valence-corrected chi connectivity index (χ1v) is 5.83. The van der Waals surface area contributed by atoms with Gasteiger partial charge in [0.1, 0.15) is 5.82 Å². The molecule has 0 bridgehead atoms. The summed E-state index contributed by atoms with van der Waals surface area (Å²) in [6.45, 7) is 1.42. The Balaban J connectivity index is 2.58. The van der Waals surface area contributed by atoms with Gasteiger partial charge < -0.3 is 15.4 Å². The third-order valence-corrected chi connectivity index (χ3v) is 2.44. The summed E-state index contributed by atoms with van der Waals surface area (Å²) in [7, 11) is 3.24.